The highest BCUT2D eigenvalue weighted by Crippen LogP contribution is 2.18. The molecule has 2 aromatic rings. The van der Waals surface area contributed by atoms with Gasteiger partial charge in [0.25, 0.3) is 0 Å². The van der Waals surface area contributed by atoms with Gasteiger partial charge in [-0.2, -0.15) is 0 Å². The minimum absolute atomic E-state index is 0.0844. The number of hydrogen-bond acceptors (Lipinski definition) is 3. The van der Waals surface area contributed by atoms with Gasteiger partial charge < -0.3 is 10.2 Å². The third-order valence-corrected chi connectivity index (χ3v) is 3.99. The summed E-state index contributed by atoms with van der Waals surface area (Å²) in [7, 11) is 0. The lowest BCUT2D eigenvalue weighted by molar-refractivity contribution is 0.0697. The number of aryl methyl sites for hydroxylation is 2. The maximum atomic E-state index is 12.7. The zero-order valence-corrected chi connectivity index (χ0v) is 13.7. The van der Waals surface area contributed by atoms with Crippen LogP contribution in [0.1, 0.15) is 43.5 Å². The molecule has 1 aromatic carbocycles. The second-order valence-corrected chi connectivity index (χ2v) is 6.21. The lowest BCUT2D eigenvalue weighted by atomic mass is 10.1. The van der Waals surface area contributed by atoms with E-state index in [9.17, 15) is 14.7 Å². The summed E-state index contributed by atoms with van der Waals surface area (Å²) in [4.78, 5) is 23.9. The van der Waals surface area contributed by atoms with Crippen molar-refractivity contribution in [2.24, 2.45) is 5.92 Å². The molecular weight excluding hydrogens is 296 g/mol. The normalized spacial score (nSPS) is 11.5. The number of aliphatic hydroxyl groups is 1. The molecule has 6 heteroatoms. The molecule has 126 valence electrons. The molecule has 2 rings (SSSR count). The van der Waals surface area contributed by atoms with Gasteiger partial charge in [0.2, 0.25) is 0 Å². The Hall–Kier alpha value is -2.08. The number of benzene rings is 1. The largest absolute Gasteiger partial charge is 0.478 e. The fraction of sp³-hybridized carbons (Fsp3) is 0.529. The average molecular weight is 320 g/mol. The number of aromatic carboxylic acids is 1. The molecule has 0 bridgehead atoms. The van der Waals surface area contributed by atoms with Gasteiger partial charge in [-0.3, -0.25) is 9.13 Å². The zero-order chi connectivity index (χ0) is 17.0. The van der Waals surface area contributed by atoms with Gasteiger partial charge in [-0.25, -0.2) is 9.59 Å². The van der Waals surface area contributed by atoms with E-state index in [1.165, 1.54) is 6.07 Å². The van der Waals surface area contributed by atoms with E-state index in [-0.39, 0.29) is 17.9 Å². The number of hydrogen-bond donors (Lipinski definition) is 2. The molecule has 0 fully saturated rings. The summed E-state index contributed by atoms with van der Waals surface area (Å²) in [6.07, 6.45) is 2.18. The van der Waals surface area contributed by atoms with E-state index in [1.54, 1.807) is 21.3 Å². The highest BCUT2D eigenvalue weighted by atomic mass is 16.4. The molecule has 0 spiro atoms. The summed E-state index contributed by atoms with van der Waals surface area (Å²) in [5, 5.41) is 18.1. The molecule has 0 saturated carbocycles. The maximum absolute atomic E-state index is 12.7. The van der Waals surface area contributed by atoms with Gasteiger partial charge in [-0.05, 0) is 43.4 Å². The molecule has 0 radical (unpaired) electrons. The number of unbranched alkanes of at least 4 members (excludes halogenated alkanes) is 1. The smallest absolute Gasteiger partial charge is 0.335 e. The molecular formula is C17H24N2O4. The highest BCUT2D eigenvalue weighted by Gasteiger charge is 2.15. The van der Waals surface area contributed by atoms with E-state index in [0.717, 1.165) is 11.9 Å². The van der Waals surface area contributed by atoms with Crippen LogP contribution in [0.3, 0.4) is 0 Å². The number of nitrogens with zero attached hydrogens (tertiary/aromatic N) is 2. The van der Waals surface area contributed by atoms with Crippen molar-refractivity contribution in [1.82, 2.24) is 9.13 Å². The maximum Gasteiger partial charge on any atom is 0.335 e. The van der Waals surface area contributed by atoms with Gasteiger partial charge in [0, 0.05) is 19.7 Å². The van der Waals surface area contributed by atoms with E-state index in [0.29, 0.717) is 37.4 Å². The number of fused-ring (bicyclic) bond motifs is 1. The van der Waals surface area contributed by atoms with Gasteiger partial charge in [-0.1, -0.05) is 13.8 Å². The summed E-state index contributed by atoms with van der Waals surface area (Å²) in [5.41, 5.74) is 1.48. The van der Waals surface area contributed by atoms with Crippen molar-refractivity contribution >= 4 is 17.0 Å². The van der Waals surface area contributed by atoms with Crippen molar-refractivity contribution in [3.8, 4) is 0 Å². The first-order valence-electron chi connectivity index (χ1n) is 8.03. The van der Waals surface area contributed by atoms with E-state index < -0.39 is 5.97 Å². The number of imidazole rings is 1. The molecule has 1 heterocycles. The first kappa shape index (κ1) is 17.3. The number of aromatic nitrogens is 2. The van der Waals surface area contributed by atoms with Crippen molar-refractivity contribution in [2.75, 3.05) is 6.61 Å². The van der Waals surface area contributed by atoms with Crippen LogP contribution in [-0.2, 0) is 13.1 Å². The molecule has 6 nitrogen and oxygen atoms in total. The van der Waals surface area contributed by atoms with Gasteiger partial charge in [0.15, 0.2) is 0 Å². The predicted molar refractivity (Wildman–Crippen MR) is 88.9 cm³/mol. The predicted octanol–water partition coefficient (Wildman–Crippen LogP) is 2.32. The third kappa shape index (κ3) is 3.82. The van der Waals surface area contributed by atoms with Crippen LogP contribution in [-0.4, -0.2) is 31.9 Å². The Morgan fingerprint density at radius 2 is 1.83 bits per heavy atom. The van der Waals surface area contributed by atoms with E-state index in [1.807, 2.05) is 0 Å². The van der Waals surface area contributed by atoms with Crippen molar-refractivity contribution < 1.29 is 15.0 Å². The van der Waals surface area contributed by atoms with Crippen molar-refractivity contribution in [1.29, 1.82) is 0 Å². The fourth-order valence-corrected chi connectivity index (χ4v) is 2.65. The molecule has 0 aliphatic rings. The van der Waals surface area contributed by atoms with Gasteiger partial charge in [0.1, 0.15) is 0 Å². The minimum atomic E-state index is -1.00. The average Bonchev–Trinajstić information content (AvgIpc) is 2.77. The van der Waals surface area contributed by atoms with Crippen LogP contribution in [0.4, 0.5) is 0 Å². The van der Waals surface area contributed by atoms with Gasteiger partial charge >= 0.3 is 11.7 Å². The van der Waals surface area contributed by atoms with Crippen LogP contribution < -0.4 is 5.69 Å². The van der Waals surface area contributed by atoms with Crippen LogP contribution in [0.15, 0.2) is 23.0 Å². The molecule has 0 aliphatic heterocycles. The Balaban J connectivity index is 2.50. The summed E-state index contributed by atoms with van der Waals surface area (Å²) in [5.74, 6) is -0.524. The Morgan fingerprint density at radius 3 is 2.43 bits per heavy atom. The standard InChI is InChI=1S/C17H24N2O4/c1-12(2)7-9-19-14-6-5-13(16(21)22)11-15(14)18(17(19)23)8-3-4-10-20/h5-6,11-12,20H,3-4,7-10H2,1-2H3,(H,21,22). The second kappa shape index (κ2) is 7.46. The molecule has 0 unspecified atom stereocenters. The Bertz CT molecular complexity index is 743. The van der Waals surface area contributed by atoms with Crippen molar-refractivity contribution in [3.05, 3.63) is 34.2 Å². The topological polar surface area (TPSA) is 84.5 Å². The number of carbonyl (C=O) groups is 1. The van der Waals surface area contributed by atoms with E-state index in [2.05, 4.69) is 13.8 Å². The number of carboxylic acid groups (broad SMARTS) is 1. The lowest BCUT2D eigenvalue weighted by Gasteiger charge is -2.06. The molecule has 0 saturated heterocycles. The third-order valence-electron chi connectivity index (χ3n) is 3.99. The molecule has 0 amide bonds. The van der Waals surface area contributed by atoms with Crippen LogP contribution in [0.5, 0.6) is 0 Å². The fourth-order valence-electron chi connectivity index (χ4n) is 2.65. The molecule has 0 atom stereocenters. The van der Waals surface area contributed by atoms with Gasteiger partial charge in [0.05, 0.1) is 16.6 Å². The second-order valence-electron chi connectivity index (χ2n) is 6.21. The summed E-state index contributed by atoms with van der Waals surface area (Å²) >= 11 is 0. The molecule has 2 N–H and O–H groups in total. The highest BCUT2D eigenvalue weighted by molar-refractivity contribution is 5.92. The number of rotatable bonds is 8. The van der Waals surface area contributed by atoms with E-state index in [4.69, 9.17) is 5.11 Å². The van der Waals surface area contributed by atoms with Gasteiger partial charge in [-0.15, -0.1) is 0 Å². The Kier molecular flexibility index (Phi) is 5.60. The van der Waals surface area contributed by atoms with E-state index >= 15 is 0 Å². The number of carboxylic acids is 1. The summed E-state index contributed by atoms with van der Waals surface area (Å²) in [6.45, 7) is 5.39. The Labute approximate surface area is 135 Å². The zero-order valence-electron chi connectivity index (χ0n) is 13.7. The number of aliphatic hydroxyl groups excluding tert-OH is 1. The molecule has 0 aliphatic carbocycles. The van der Waals surface area contributed by atoms with Crippen molar-refractivity contribution in [2.45, 2.75) is 46.2 Å². The Morgan fingerprint density at radius 1 is 1.13 bits per heavy atom. The first-order valence-corrected chi connectivity index (χ1v) is 8.03. The molecule has 1 aromatic heterocycles. The monoisotopic (exact) mass is 320 g/mol. The van der Waals surface area contributed by atoms with Crippen LogP contribution >= 0.6 is 0 Å². The SMILES string of the molecule is CC(C)CCn1c(=O)n(CCCCO)c2cc(C(=O)O)ccc21. The quantitative estimate of drug-likeness (QED) is 0.731. The van der Waals surface area contributed by atoms with Crippen LogP contribution in [0.25, 0.3) is 11.0 Å². The molecule has 23 heavy (non-hydrogen) atoms. The first-order chi connectivity index (χ1) is 11.0. The minimum Gasteiger partial charge on any atom is -0.478 e. The van der Waals surface area contributed by atoms with Crippen LogP contribution in [0, 0.1) is 5.92 Å². The van der Waals surface area contributed by atoms with Crippen molar-refractivity contribution in [3.63, 3.8) is 0 Å². The van der Waals surface area contributed by atoms with Crippen LogP contribution in [0.2, 0.25) is 0 Å². The lowest BCUT2D eigenvalue weighted by Crippen LogP contribution is -2.25. The summed E-state index contributed by atoms with van der Waals surface area (Å²) < 4.78 is 3.34. The summed E-state index contributed by atoms with van der Waals surface area (Å²) in [6, 6.07) is 4.81.